The monoisotopic (exact) mass is 417 g/mol. The van der Waals surface area contributed by atoms with E-state index in [1.54, 1.807) is 6.20 Å². The predicted molar refractivity (Wildman–Crippen MR) is 120 cm³/mol. The van der Waals surface area contributed by atoms with Gasteiger partial charge in [0.15, 0.2) is 12.0 Å². The van der Waals surface area contributed by atoms with Crippen molar-refractivity contribution in [3.05, 3.63) is 66.0 Å². The van der Waals surface area contributed by atoms with E-state index in [4.69, 9.17) is 9.73 Å². The molecule has 5 nitrogen and oxygen atoms in total. The van der Waals surface area contributed by atoms with Gasteiger partial charge < -0.3 is 9.64 Å². The van der Waals surface area contributed by atoms with Gasteiger partial charge in [0.05, 0.1) is 12.3 Å². The van der Waals surface area contributed by atoms with Gasteiger partial charge in [-0.05, 0) is 35.4 Å². The average Bonchev–Trinajstić information content (AvgIpc) is 3.22. The maximum atomic E-state index is 13.8. The first kappa shape index (κ1) is 20.4. The zero-order chi connectivity index (χ0) is 21.8. The summed E-state index contributed by atoms with van der Waals surface area (Å²) in [5.41, 5.74) is 2.46. The van der Waals surface area contributed by atoms with Crippen LogP contribution in [0.4, 0.5) is 0 Å². The van der Waals surface area contributed by atoms with Crippen LogP contribution in [0.2, 0.25) is 0 Å². The van der Waals surface area contributed by atoms with Crippen molar-refractivity contribution in [3.63, 3.8) is 0 Å². The van der Waals surface area contributed by atoms with Crippen molar-refractivity contribution >= 4 is 11.6 Å². The molecule has 31 heavy (non-hydrogen) atoms. The van der Waals surface area contributed by atoms with Crippen LogP contribution in [0.3, 0.4) is 0 Å². The Bertz CT molecular complexity index is 998. The number of pyridine rings is 1. The van der Waals surface area contributed by atoms with E-state index in [1.165, 1.54) is 5.56 Å². The second-order valence-electron chi connectivity index (χ2n) is 10.4. The van der Waals surface area contributed by atoms with Crippen molar-refractivity contribution in [2.24, 2.45) is 22.2 Å². The van der Waals surface area contributed by atoms with Crippen molar-refractivity contribution < 1.29 is 9.53 Å². The van der Waals surface area contributed by atoms with Crippen LogP contribution in [-0.4, -0.2) is 33.5 Å². The van der Waals surface area contributed by atoms with E-state index < -0.39 is 5.72 Å². The number of likely N-dealkylation sites (tertiary alicyclic amines) is 1. The molecule has 162 valence electrons. The molecule has 2 aliphatic heterocycles. The molecule has 1 amide bonds. The first-order chi connectivity index (χ1) is 14.8. The number of amides is 1. The van der Waals surface area contributed by atoms with Crippen molar-refractivity contribution in [1.29, 1.82) is 0 Å². The number of nitrogens with zero attached hydrogens (tertiary/aromatic N) is 3. The smallest absolute Gasteiger partial charge is 0.229 e. The lowest BCUT2D eigenvalue weighted by Gasteiger charge is -2.38. The Morgan fingerprint density at radius 1 is 1.13 bits per heavy atom. The van der Waals surface area contributed by atoms with Crippen LogP contribution in [-0.2, 0) is 16.1 Å². The van der Waals surface area contributed by atoms with Crippen LogP contribution in [0, 0.1) is 17.3 Å². The second-order valence-corrected chi connectivity index (χ2v) is 10.4. The number of hydrogen-bond donors (Lipinski definition) is 0. The summed E-state index contributed by atoms with van der Waals surface area (Å²) in [5.74, 6) is 0.585. The molecule has 2 fully saturated rings. The molecule has 5 atom stereocenters. The van der Waals surface area contributed by atoms with Crippen molar-refractivity contribution in [1.82, 2.24) is 9.88 Å². The van der Waals surface area contributed by atoms with Crippen LogP contribution >= 0.6 is 0 Å². The number of rotatable bonds is 3. The Morgan fingerprint density at radius 3 is 2.58 bits per heavy atom. The lowest BCUT2D eigenvalue weighted by molar-refractivity contribution is -0.158. The molecule has 1 saturated heterocycles. The fourth-order valence-electron chi connectivity index (χ4n) is 5.45. The maximum absolute atomic E-state index is 13.8. The number of aliphatic imine (C=N–C) groups is 1. The van der Waals surface area contributed by atoms with Gasteiger partial charge in [-0.25, -0.2) is 0 Å². The highest BCUT2D eigenvalue weighted by Crippen LogP contribution is 2.54. The van der Waals surface area contributed by atoms with Gasteiger partial charge >= 0.3 is 0 Å². The largest absolute Gasteiger partial charge is 0.324 e. The standard InChI is InChI=1S/C26H31N3O2/c1-17-20(19-10-6-5-7-11-19)13-22-26(31-24(28-22)25(2,3)4)14-21(17)23(30)29(26)16-18-9-8-12-27-15-18/h5-12,15,17,20-21,24H,13-14,16H2,1-4H3/t17-,20+,21?,24-,26+/m1/s1. The van der Waals surface area contributed by atoms with Gasteiger partial charge in [-0.1, -0.05) is 64.1 Å². The van der Waals surface area contributed by atoms with E-state index in [0.29, 0.717) is 13.0 Å². The third-order valence-corrected chi connectivity index (χ3v) is 7.26. The molecule has 1 unspecified atom stereocenters. The maximum Gasteiger partial charge on any atom is 0.229 e. The van der Waals surface area contributed by atoms with E-state index in [2.05, 4.69) is 56.9 Å². The van der Waals surface area contributed by atoms with E-state index >= 15 is 0 Å². The molecule has 1 saturated carbocycles. The quantitative estimate of drug-likeness (QED) is 0.721. The lowest BCUT2D eigenvalue weighted by atomic mass is 9.77. The number of aromatic nitrogens is 1. The average molecular weight is 418 g/mol. The third-order valence-electron chi connectivity index (χ3n) is 7.26. The summed E-state index contributed by atoms with van der Waals surface area (Å²) in [6.07, 6.45) is 4.85. The van der Waals surface area contributed by atoms with Crippen molar-refractivity contribution in [3.8, 4) is 0 Å². The predicted octanol–water partition coefficient (Wildman–Crippen LogP) is 4.79. The Kier molecular flexibility index (Phi) is 4.78. The summed E-state index contributed by atoms with van der Waals surface area (Å²) in [6, 6.07) is 14.5. The van der Waals surface area contributed by atoms with Crippen LogP contribution < -0.4 is 0 Å². The van der Waals surface area contributed by atoms with Crippen LogP contribution in [0.5, 0.6) is 0 Å². The summed E-state index contributed by atoms with van der Waals surface area (Å²) in [7, 11) is 0. The Balaban J connectivity index is 1.59. The highest BCUT2D eigenvalue weighted by atomic mass is 16.6. The van der Waals surface area contributed by atoms with Gasteiger partial charge in [0, 0.05) is 30.1 Å². The van der Waals surface area contributed by atoms with E-state index in [-0.39, 0.29) is 35.3 Å². The summed E-state index contributed by atoms with van der Waals surface area (Å²) >= 11 is 0. The molecule has 2 aromatic rings. The highest BCUT2D eigenvalue weighted by Gasteiger charge is 2.63. The van der Waals surface area contributed by atoms with Crippen LogP contribution in [0.15, 0.2) is 59.9 Å². The number of fused-ring (bicyclic) bond motifs is 1. The molecule has 0 radical (unpaired) electrons. The molecule has 2 bridgehead atoms. The van der Waals surface area contributed by atoms with Gasteiger partial charge in [0.2, 0.25) is 5.91 Å². The van der Waals surface area contributed by atoms with Crippen LogP contribution in [0.1, 0.15) is 57.6 Å². The Hall–Kier alpha value is -2.53. The summed E-state index contributed by atoms with van der Waals surface area (Å²) < 4.78 is 6.76. The van der Waals surface area contributed by atoms with Crippen molar-refractivity contribution in [2.75, 3.05) is 0 Å². The SMILES string of the molecule is C[C@H]1C2C[C@@]3(O[C@H](C(C)(C)C)N=C3C[C@@H]1c1ccccc1)N(Cc1cccnc1)C2=O. The molecule has 3 heterocycles. The van der Waals surface area contributed by atoms with E-state index in [0.717, 1.165) is 17.7 Å². The summed E-state index contributed by atoms with van der Waals surface area (Å²) in [5, 5.41) is 0. The van der Waals surface area contributed by atoms with Gasteiger partial charge in [0.25, 0.3) is 0 Å². The number of hydrogen-bond acceptors (Lipinski definition) is 4. The van der Waals surface area contributed by atoms with Gasteiger partial charge in [-0.2, -0.15) is 0 Å². The summed E-state index contributed by atoms with van der Waals surface area (Å²) in [4.78, 5) is 25.1. The lowest BCUT2D eigenvalue weighted by Crippen LogP contribution is -2.53. The molecule has 1 aromatic carbocycles. The fourth-order valence-corrected chi connectivity index (χ4v) is 5.45. The molecule has 3 aliphatic rings. The van der Waals surface area contributed by atoms with E-state index in [1.807, 2.05) is 29.3 Å². The third kappa shape index (κ3) is 3.30. The molecule has 0 N–H and O–H groups in total. The number of carbonyl (C=O) groups is 1. The molecule has 1 spiro atoms. The normalized spacial score (nSPS) is 32.6. The number of ether oxygens (including phenoxy) is 1. The van der Waals surface area contributed by atoms with Crippen LogP contribution in [0.25, 0.3) is 0 Å². The minimum Gasteiger partial charge on any atom is -0.324 e. The highest BCUT2D eigenvalue weighted by molar-refractivity contribution is 6.01. The number of carbonyl (C=O) groups excluding carboxylic acids is 1. The zero-order valence-electron chi connectivity index (χ0n) is 18.8. The minimum atomic E-state index is -0.743. The molecule has 5 rings (SSSR count). The first-order valence-corrected chi connectivity index (χ1v) is 11.3. The second kappa shape index (κ2) is 7.27. The Labute approximate surface area is 184 Å². The topological polar surface area (TPSA) is 54.8 Å². The molecule has 1 aromatic heterocycles. The Morgan fingerprint density at radius 2 is 1.90 bits per heavy atom. The molecule has 5 heteroatoms. The van der Waals surface area contributed by atoms with Crippen molar-refractivity contribution in [2.45, 2.75) is 65.0 Å². The van der Waals surface area contributed by atoms with E-state index in [9.17, 15) is 4.79 Å². The van der Waals surface area contributed by atoms with Gasteiger partial charge in [-0.15, -0.1) is 0 Å². The molecular weight excluding hydrogens is 386 g/mol. The first-order valence-electron chi connectivity index (χ1n) is 11.3. The van der Waals surface area contributed by atoms with Gasteiger partial charge in [0.1, 0.15) is 0 Å². The van der Waals surface area contributed by atoms with Gasteiger partial charge in [-0.3, -0.25) is 14.8 Å². The minimum absolute atomic E-state index is 0.0757. The summed E-state index contributed by atoms with van der Waals surface area (Å²) in [6.45, 7) is 9.19. The zero-order valence-corrected chi connectivity index (χ0v) is 18.8. The molecular formula is C26H31N3O2. The number of benzene rings is 1. The fraction of sp³-hybridized carbons (Fsp3) is 0.500. The molecule has 1 aliphatic carbocycles.